The van der Waals surface area contributed by atoms with Crippen molar-refractivity contribution in [1.29, 1.82) is 0 Å². The van der Waals surface area contributed by atoms with Crippen LogP contribution >= 0.6 is 15.9 Å². The number of nitrogens with two attached hydrogens (primary N) is 1. The van der Waals surface area contributed by atoms with Gasteiger partial charge in [-0.2, -0.15) is 4.98 Å². The van der Waals surface area contributed by atoms with E-state index in [1.54, 1.807) is 12.1 Å². The number of rotatable bonds is 3. The molecule has 0 unspecified atom stereocenters. The van der Waals surface area contributed by atoms with Crippen molar-refractivity contribution in [1.82, 2.24) is 9.97 Å². The number of nitrogens with zero attached hydrogens (tertiary/aromatic N) is 2. The van der Waals surface area contributed by atoms with Gasteiger partial charge in [0.15, 0.2) is 0 Å². The Hall–Kier alpha value is -2.25. The predicted octanol–water partition coefficient (Wildman–Crippen LogP) is 3.56. The Morgan fingerprint density at radius 1 is 1.05 bits per heavy atom. The van der Waals surface area contributed by atoms with E-state index in [1.807, 2.05) is 24.3 Å². The zero-order valence-corrected chi connectivity index (χ0v) is 12.4. The number of halogens is 2. The summed E-state index contributed by atoms with van der Waals surface area (Å²) in [6, 6.07) is 12.2. The van der Waals surface area contributed by atoms with Gasteiger partial charge in [0.1, 0.15) is 11.6 Å². The first-order valence-electron chi connectivity index (χ1n) is 6.13. The van der Waals surface area contributed by atoms with Gasteiger partial charge in [0, 0.05) is 9.86 Å². The maximum absolute atomic E-state index is 13.9. The number of nitrogen functional groups attached to an aromatic ring is 1. The molecule has 2 aromatic carbocycles. The van der Waals surface area contributed by atoms with Crippen molar-refractivity contribution in [2.45, 2.75) is 0 Å². The molecule has 0 saturated heterocycles. The molecular weight excluding hydrogens is 337 g/mol. The summed E-state index contributed by atoms with van der Waals surface area (Å²) in [5.41, 5.74) is 3.42. The van der Waals surface area contributed by atoms with E-state index in [9.17, 15) is 4.39 Å². The Morgan fingerprint density at radius 2 is 1.86 bits per heavy atom. The second kappa shape index (κ2) is 5.63. The molecule has 0 aliphatic rings. The smallest absolute Gasteiger partial charge is 0.239 e. The van der Waals surface area contributed by atoms with E-state index >= 15 is 0 Å². The number of fused-ring (bicyclic) bond motifs is 1. The highest BCUT2D eigenvalue weighted by molar-refractivity contribution is 9.10. The molecule has 3 aromatic rings. The van der Waals surface area contributed by atoms with Crippen molar-refractivity contribution >= 4 is 44.3 Å². The van der Waals surface area contributed by atoms with Gasteiger partial charge in [-0.3, -0.25) is 5.43 Å². The van der Waals surface area contributed by atoms with E-state index in [2.05, 4.69) is 36.6 Å². The van der Waals surface area contributed by atoms with Crippen LogP contribution in [0.15, 0.2) is 46.9 Å². The van der Waals surface area contributed by atoms with E-state index in [-0.39, 0.29) is 11.8 Å². The summed E-state index contributed by atoms with van der Waals surface area (Å²) in [5.74, 6) is 5.72. The highest BCUT2D eigenvalue weighted by Crippen LogP contribution is 2.31. The van der Waals surface area contributed by atoms with Gasteiger partial charge in [-0.1, -0.05) is 18.2 Å². The SMILES string of the molecule is NNc1nc(Nc2c(F)cccc2Br)c2ccccc2n1. The third-order valence-corrected chi connectivity index (χ3v) is 3.60. The van der Waals surface area contributed by atoms with E-state index < -0.39 is 0 Å². The molecule has 0 atom stereocenters. The van der Waals surface area contributed by atoms with Crippen LogP contribution in [0.1, 0.15) is 0 Å². The lowest BCUT2D eigenvalue weighted by Gasteiger charge is -2.12. The maximum atomic E-state index is 13.9. The summed E-state index contributed by atoms with van der Waals surface area (Å²) < 4.78 is 14.5. The molecule has 5 nitrogen and oxygen atoms in total. The molecule has 106 valence electrons. The maximum Gasteiger partial charge on any atom is 0.239 e. The lowest BCUT2D eigenvalue weighted by Crippen LogP contribution is -2.11. The summed E-state index contributed by atoms with van der Waals surface area (Å²) in [6.07, 6.45) is 0. The van der Waals surface area contributed by atoms with Crippen LogP contribution < -0.4 is 16.6 Å². The van der Waals surface area contributed by atoms with Crippen LogP contribution in [0.3, 0.4) is 0 Å². The molecule has 0 radical (unpaired) electrons. The minimum atomic E-state index is -0.380. The van der Waals surface area contributed by atoms with Crippen LogP contribution in [0.4, 0.5) is 21.8 Å². The Kier molecular flexibility index (Phi) is 3.68. The zero-order chi connectivity index (χ0) is 14.8. The van der Waals surface area contributed by atoms with Gasteiger partial charge >= 0.3 is 0 Å². The highest BCUT2D eigenvalue weighted by Gasteiger charge is 2.11. The first kappa shape index (κ1) is 13.7. The minimum absolute atomic E-state index is 0.253. The fourth-order valence-electron chi connectivity index (χ4n) is 1.97. The standard InChI is InChI=1S/C14H11BrFN5/c15-9-5-3-6-10(16)12(9)19-13-8-4-1-2-7-11(8)18-14(20-13)21-17/h1-7H,17H2,(H2,18,19,20,21). The molecule has 0 aliphatic heterocycles. The summed E-state index contributed by atoms with van der Waals surface area (Å²) in [6.45, 7) is 0. The van der Waals surface area contributed by atoms with Gasteiger partial charge in [0.25, 0.3) is 0 Å². The van der Waals surface area contributed by atoms with Gasteiger partial charge < -0.3 is 5.32 Å². The van der Waals surface area contributed by atoms with Crippen LogP contribution in [-0.4, -0.2) is 9.97 Å². The van der Waals surface area contributed by atoms with Gasteiger partial charge in [0.05, 0.1) is 11.2 Å². The summed E-state index contributed by atoms with van der Waals surface area (Å²) in [7, 11) is 0. The quantitative estimate of drug-likeness (QED) is 0.498. The van der Waals surface area contributed by atoms with Crippen molar-refractivity contribution in [3.05, 3.63) is 52.8 Å². The van der Waals surface area contributed by atoms with Crippen molar-refractivity contribution < 1.29 is 4.39 Å². The number of aromatic nitrogens is 2. The Labute approximate surface area is 128 Å². The summed E-state index contributed by atoms with van der Waals surface area (Å²) >= 11 is 3.32. The monoisotopic (exact) mass is 347 g/mol. The first-order chi connectivity index (χ1) is 10.2. The summed E-state index contributed by atoms with van der Waals surface area (Å²) in [5, 5.41) is 3.76. The molecule has 0 amide bonds. The lowest BCUT2D eigenvalue weighted by atomic mass is 10.2. The Bertz CT molecular complexity index is 788. The fraction of sp³-hybridized carbons (Fsp3) is 0. The Balaban J connectivity index is 2.16. The molecule has 0 saturated carbocycles. The molecule has 1 heterocycles. The topological polar surface area (TPSA) is 75.9 Å². The Morgan fingerprint density at radius 3 is 2.62 bits per heavy atom. The molecule has 4 N–H and O–H groups in total. The predicted molar refractivity (Wildman–Crippen MR) is 84.7 cm³/mol. The zero-order valence-electron chi connectivity index (χ0n) is 10.8. The molecule has 0 fully saturated rings. The summed E-state index contributed by atoms with van der Waals surface area (Å²) in [4.78, 5) is 8.50. The number of nitrogens with one attached hydrogen (secondary N) is 2. The van der Waals surface area contributed by atoms with Gasteiger partial charge in [-0.15, -0.1) is 0 Å². The largest absolute Gasteiger partial charge is 0.336 e. The molecule has 0 bridgehead atoms. The van der Waals surface area contributed by atoms with Crippen LogP contribution in [0.5, 0.6) is 0 Å². The number of hydrogen-bond donors (Lipinski definition) is 3. The molecule has 0 spiro atoms. The van der Waals surface area contributed by atoms with E-state index in [0.717, 1.165) is 5.39 Å². The molecule has 3 rings (SSSR count). The fourth-order valence-corrected chi connectivity index (χ4v) is 2.41. The molecule has 7 heteroatoms. The van der Waals surface area contributed by atoms with E-state index in [0.29, 0.717) is 21.5 Å². The second-order valence-electron chi connectivity index (χ2n) is 4.28. The molecule has 0 aliphatic carbocycles. The number of hydrogen-bond acceptors (Lipinski definition) is 5. The van der Waals surface area contributed by atoms with Crippen LogP contribution in [0, 0.1) is 5.82 Å². The number of anilines is 3. The van der Waals surface area contributed by atoms with Crippen molar-refractivity contribution in [2.24, 2.45) is 5.84 Å². The van der Waals surface area contributed by atoms with Gasteiger partial charge in [-0.05, 0) is 40.2 Å². The van der Waals surface area contributed by atoms with Crippen molar-refractivity contribution in [2.75, 3.05) is 10.7 Å². The average molecular weight is 348 g/mol. The number of hydrazine groups is 1. The third-order valence-electron chi connectivity index (χ3n) is 2.94. The van der Waals surface area contributed by atoms with Gasteiger partial charge in [-0.25, -0.2) is 15.2 Å². The minimum Gasteiger partial charge on any atom is -0.336 e. The molecule has 21 heavy (non-hydrogen) atoms. The number of benzene rings is 2. The van der Waals surface area contributed by atoms with Gasteiger partial charge in [0.2, 0.25) is 5.95 Å². The molecule has 1 aromatic heterocycles. The van der Waals surface area contributed by atoms with Crippen LogP contribution in [0.25, 0.3) is 10.9 Å². The third kappa shape index (κ3) is 2.65. The van der Waals surface area contributed by atoms with Crippen molar-refractivity contribution in [3.8, 4) is 0 Å². The first-order valence-corrected chi connectivity index (χ1v) is 6.93. The second-order valence-corrected chi connectivity index (χ2v) is 5.13. The van der Waals surface area contributed by atoms with E-state index in [1.165, 1.54) is 6.07 Å². The van der Waals surface area contributed by atoms with Crippen LogP contribution in [0.2, 0.25) is 0 Å². The van der Waals surface area contributed by atoms with Crippen LogP contribution in [-0.2, 0) is 0 Å². The molecular formula is C14H11BrFN5. The highest BCUT2D eigenvalue weighted by atomic mass is 79.9. The normalized spacial score (nSPS) is 10.6. The van der Waals surface area contributed by atoms with E-state index in [4.69, 9.17) is 5.84 Å². The number of para-hydroxylation sites is 2. The average Bonchev–Trinajstić information content (AvgIpc) is 2.50. The lowest BCUT2D eigenvalue weighted by molar-refractivity contribution is 0.631. The van der Waals surface area contributed by atoms with Crippen molar-refractivity contribution in [3.63, 3.8) is 0 Å².